The number of benzene rings is 1. The van der Waals surface area contributed by atoms with Gasteiger partial charge in [-0.1, -0.05) is 18.2 Å². The van der Waals surface area contributed by atoms with Gasteiger partial charge < -0.3 is 10.5 Å². The summed E-state index contributed by atoms with van der Waals surface area (Å²) in [6, 6.07) is 8.18. The molecule has 1 aliphatic rings. The molecule has 0 bridgehead atoms. The molecule has 2 N–H and O–H groups in total. The third-order valence-electron chi connectivity index (χ3n) is 3.86. The molecular weight excluding hydrogens is 320 g/mol. The molecule has 0 saturated carbocycles. The van der Waals surface area contributed by atoms with Crippen molar-refractivity contribution in [1.29, 1.82) is 0 Å². The van der Waals surface area contributed by atoms with Crippen LogP contribution in [-0.4, -0.2) is 43.8 Å². The van der Waals surface area contributed by atoms with Gasteiger partial charge in [0, 0.05) is 13.1 Å². The number of piperidine rings is 1. The summed E-state index contributed by atoms with van der Waals surface area (Å²) in [6.07, 6.45) is -0.263. The molecule has 23 heavy (non-hydrogen) atoms. The monoisotopic (exact) mass is 340 g/mol. The second-order valence-corrected chi connectivity index (χ2v) is 7.41. The van der Waals surface area contributed by atoms with Gasteiger partial charge in [-0.15, -0.1) is 0 Å². The third kappa shape index (κ3) is 4.08. The smallest absolute Gasteiger partial charge is 0.309 e. The minimum atomic E-state index is -3.54. The molecule has 1 aromatic carbocycles. The van der Waals surface area contributed by atoms with Gasteiger partial charge in [-0.2, -0.15) is 4.31 Å². The number of esters is 1. The quantitative estimate of drug-likeness (QED) is 0.786. The Bertz CT molecular complexity index is 666. The summed E-state index contributed by atoms with van der Waals surface area (Å²) in [5.41, 5.74) is 5.05. The second-order valence-electron chi connectivity index (χ2n) is 5.47. The van der Waals surface area contributed by atoms with Crippen molar-refractivity contribution in [1.82, 2.24) is 4.31 Å². The normalized spacial score (nSPS) is 18.3. The van der Waals surface area contributed by atoms with Crippen molar-refractivity contribution in [2.24, 2.45) is 11.7 Å². The Labute approximate surface area is 135 Å². The molecule has 1 aliphatic heterocycles. The van der Waals surface area contributed by atoms with Crippen molar-refractivity contribution in [3.05, 3.63) is 30.3 Å². The van der Waals surface area contributed by atoms with E-state index in [1.165, 1.54) is 11.2 Å². The number of sulfonamides is 1. The average Bonchev–Trinajstić information content (AvgIpc) is 2.55. The molecule has 1 saturated heterocycles. The summed E-state index contributed by atoms with van der Waals surface area (Å²) in [7, 11) is -3.54. The summed E-state index contributed by atoms with van der Waals surface area (Å²) >= 11 is 0. The van der Waals surface area contributed by atoms with Crippen LogP contribution in [0.5, 0.6) is 0 Å². The van der Waals surface area contributed by atoms with Crippen molar-refractivity contribution in [2.75, 3.05) is 13.1 Å². The predicted molar refractivity (Wildman–Crippen MR) is 82.7 cm³/mol. The number of rotatable bonds is 5. The number of ether oxygens (including phenoxy) is 1. The number of carbonyl (C=O) groups excluding carboxylic acids is 2. The molecule has 1 fully saturated rings. The Morgan fingerprint density at radius 3 is 2.30 bits per heavy atom. The summed E-state index contributed by atoms with van der Waals surface area (Å²) in [6.45, 7) is 1.89. The van der Waals surface area contributed by atoms with E-state index < -0.39 is 33.9 Å². The lowest BCUT2D eigenvalue weighted by atomic mass is 9.98. The van der Waals surface area contributed by atoms with E-state index >= 15 is 0 Å². The van der Waals surface area contributed by atoms with Crippen LogP contribution < -0.4 is 5.73 Å². The third-order valence-corrected chi connectivity index (χ3v) is 5.77. The first-order chi connectivity index (χ1) is 10.8. The molecule has 8 heteroatoms. The Hall–Kier alpha value is -1.93. The fourth-order valence-electron chi connectivity index (χ4n) is 2.40. The highest BCUT2D eigenvalue weighted by Crippen LogP contribution is 2.24. The van der Waals surface area contributed by atoms with Crippen LogP contribution >= 0.6 is 0 Å². The molecule has 2 rings (SSSR count). The van der Waals surface area contributed by atoms with Crippen molar-refractivity contribution in [3.63, 3.8) is 0 Å². The van der Waals surface area contributed by atoms with Crippen molar-refractivity contribution >= 4 is 21.9 Å². The van der Waals surface area contributed by atoms with Crippen LogP contribution in [0.3, 0.4) is 0 Å². The Kier molecular flexibility index (Phi) is 5.38. The molecule has 1 aromatic rings. The lowest BCUT2D eigenvalue weighted by Gasteiger charge is -2.30. The molecule has 0 radical (unpaired) electrons. The fraction of sp³-hybridized carbons (Fsp3) is 0.467. The molecule has 7 nitrogen and oxygen atoms in total. The van der Waals surface area contributed by atoms with E-state index in [0.717, 1.165) is 0 Å². The van der Waals surface area contributed by atoms with Gasteiger partial charge in [0.15, 0.2) is 6.10 Å². The van der Waals surface area contributed by atoms with Crippen LogP contribution in [0.2, 0.25) is 0 Å². The number of hydrogen-bond donors (Lipinski definition) is 1. The number of primary amides is 1. The maximum atomic E-state index is 12.5. The fourth-order valence-corrected chi connectivity index (χ4v) is 3.89. The van der Waals surface area contributed by atoms with Gasteiger partial charge in [0.05, 0.1) is 10.8 Å². The van der Waals surface area contributed by atoms with E-state index in [1.54, 1.807) is 30.3 Å². The van der Waals surface area contributed by atoms with Gasteiger partial charge in [-0.25, -0.2) is 8.42 Å². The van der Waals surface area contributed by atoms with Gasteiger partial charge in [0.1, 0.15) is 0 Å². The molecule has 1 amide bonds. The molecule has 0 aromatic heterocycles. The van der Waals surface area contributed by atoms with Gasteiger partial charge >= 0.3 is 5.97 Å². The van der Waals surface area contributed by atoms with E-state index in [4.69, 9.17) is 10.5 Å². The number of carbonyl (C=O) groups is 2. The first-order valence-corrected chi connectivity index (χ1v) is 8.81. The number of nitrogens with zero attached hydrogens (tertiary/aromatic N) is 1. The lowest BCUT2D eigenvalue weighted by Crippen LogP contribution is -2.41. The SMILES string of the molecule is CC(OC(=O)C1CCN(S(=O)(=O)c2ccccc2)CC1)C(N)=O. The number of hydrogen-bond acceptors (Lipinski definition) is 5. The van der Waals surface area contributed by atoms with E-state index in [2.05, 4.69) is 0 Å². The van der Waals surface area contributed by atoms with Crippen molar-refractivity contribution in [3.8, 4) is 0 Å². The predicted octanol–water partition coefficient (Wildman–Crippen LogP) is 0.504. The number of amides is 1. The maximum Gasteiger partial charge on any atom is 0.309 e. The van der Waals surface area contributed by atoms with E-state index in [-0.39, 0.29) is 18.0 Å². The summed E-state index contributed by atoms with van der Waals surface area (Å²) in [5.74, 6) is -1.63. The van der Waals surface area contributed by atoms with Gasteiger partial charge in [-0.05, 0) is 31.9 Å². The largest absolute Gasteiger partial charge is 0.452 e. The minimum absolute atomic E-state index is 0.238. The zero-order chi connectivity index (χ0) is 17.0. The Morgan fingerprint density at radius 1 is 1.22 bits per heavy atom. The highest BCUT2D eigenvalue weighted by molar-refractivity contribution is 7.89. The first-order valence-electron chi connectivity index (χ1n) is 7.37. The van der Waals surface area contributed by atoms with Gasteiger partial charge in [-0.3, -0.25) is 9.59 Å². The highest BCUT2D eigenvalue weighted by atomic mass is 32.2. The number of nitrogens with two attached hydrogens (primary N) is 1. The first kappa shape index (κ1) is 17.4. The second kappa shape index (κ2) is 7.10. The van der Waals surface area contributed by atoms with E-state index in [9.17, 15) is 18.0 Å². The van der Waals surface area contributed by atoms with Crippen LogP contribution in [0.25, 0.3) is 0 Å². The van der Waals surface area contributed by atoms with Crippen molar-refractivity contribution < 1.29 is 22.7 Å². The molecule has 0 spiro atoms. The summed E-state index contributed by atoms with van der Waals surface area (Å²) < 4.78 is 31.3. The topological polar surface area (TPSA) is 107 Å². The zero-order valence-corrected chi connectivity index (χ0v) is 13.7. The van der Waals surface area contributed by atoms with Gasteiger partial charge in [0.2, 0.25) is 10.0 Å². The van der Waals surface area contributed by atoms with Gasteiger partial charge in [0.25, 0.3) is 5.91 Å². The standard InChI is InChI=1S/C15H20N2O5S/c1-11(14(16)18)22-15(19)12-7-9-17(10-8-12)23(20,21)13-5-3-2-4-6-13/h2-6,11-12H,7-10H2,1H3,(H2,16,18). The molecule has 1 heterocycles. The van der Waals surface area contributed by atoms with E-state index in [0.29, 0.717) is 12.8 Å². The van der Waals surface area contributed by atoms with E-state index in [1.807, 2.05) is 0 Å². The summed E-state index contributed by atoms with van der Waals surface area (Å²) in [4.78, 5) is 23.1. The van der Waals surface area contributed by atoms with Crippen LogP contribution in [0.1, 0.15) is 19.8 Å². The molecule has 126 valence electrons. The van der Waals surface area contributed by atoms with Crippen LogP contribution in [-0.2, 0) is 24.3 Å². The Morgan fingerprint density at radius 2 is 1.78 bits per heavy atom. The van der Waals surface area contributed by atoms with Crippen molar-refractivity contribution in [2.45, 2.75) is 30.8 Å². The Balaban J connectivity index is 1.96. The molecule has 0 aliphatic carbocycles. The van der Waals surface area contributed by atoms with Crippen LogP contribution in [0, 0.1) is 5.92 Å². The minimum Gasteiger partial charge on any atom is -0.452 e. The summed E-state index contributed by atoms with van der Waals surface area (Å²) in [5, 5.41) is 0. The lowest BCUT2D eigenvalue weighted by molar-refractivity contribution is -0.159. The highest BCUT2D eigenvalue weighted by Gasteiger charge is 2.33. The average molecular weight is 340 g/mol. The maximum absolute atomic E-state index is 12.5. The molecule has 1 unspecified atom stereocenters. The zero-order valence-electron chi connectivity index (χ0n) is 12.8. The van der Waals surface area contributed by atoms with Crippen LogP contribution in [0.15, 0.2) is 35.2 Å². The molecular formula is C15H20N2O5S. The molecule has 1 atom stereocenters. The van der Waals surface area contributed by atoms with Crippen LogP contribution in [0.4, 0.5) is 0 Å².